The molecule has 0 saturated carbocycles. The van der Waals surface area contributed by atoms with Gasteiger partial charge in [0.15, 0.2) is 0 Å². The molecule has 1 unspecified atom stereocenters. The number of anilines is 1. The number of likely N-dealkylation sites (N-methyl/N-ethyl adjacent to an activating group) is 1. The fraction of sp³-hybridized carbons (Fsp3) is 0.583. The van der Waals surface area contributed by atoms with Gasteiger partial charge in [0.2, 0.25) is 11.8 Å². The summed E-state index contributed by atoms with van der Waals surface area (Å²) >= 11 is 0. The molecule has 1 aromatic rings. The molecule has 7 nitrogen and oxygen atoms in total. The molecule has 0 radical (unpaired) electrons. The fourth-order valence-corrected chi connectivity index (χ4v) is 1.74. The van der Waals surface area contributed by atoms with Crippen molar-refractivity contribution in [2.45, 2.75) is 33.4 Å². The first kappa shape index (κ1) is 15.0. The summed E-state index contributed by atoms with van der Waals surface area (Å²) in [5.41, 5.74) is 7.83. The van der Waals surface area contributed by atoms with Gasteiger partial charge in [-0.3, -0.25) is 14.3 Å². The lowest BCUT2D eigenvalue weighted by molar-refractivity contribution is -0.134. The van der Waals surface area contributed by atoms with E-state index in [0.29, 0.717) is 11.4 Å². The molecule has 19 heavy (non-hydrogen) atoms. The minimum atomic E-state index is -0.559. The fourth-order valence-electron chi connectivity index (χ4n) is 1.74. The Bertz CT molecular complexity index is 493. The van der Waals surface area contributed by atoms with Crippen molar-refractivity contribution in [3.05, 3.63) is 11.4 Å². The molecule has 3 N–H and O–H groups in total. The lowest BCUT2D eigenvalue weighted by atomic mass is 10.3. The zero-order valence-electron chi connectivity index (χ0n) is 12.0. The van der Waals surface area contributed by atoms with Crippen LogP contribution >= 0.6 is 0 Å². The van der Waals surface area contributed by atoms with Crippen molar-refractivity contribution in [3.8, 4) is 0 Å². The maximum absolute atomic E-state index is 11.8. The summed E-state index contributed by atoms with van der Waals surface area (Å²) in [6, 6.07) is -0.559. The maximum Gasteiger partial charge on any atom is 0.244 e. The van der Waals surface area contributed by atoms with Gasteiger partial charge in [0.1, 0.15) is 12.6 Å². The molecule has 0 aromatic carbocycles. The zero-order valence-corrected chi connectivity index (χ0v) is 12.0. The van der Waals surface area contributed by atoms with Crippen LogP contribution in [0, 0.1) is 13.8 Å². The average Bonchev–Trinajstić information content (AvgIpc) is 2.55. The number of nitrogen functional groups attached to an aromatic ring is 1. The second-order valence-corrected chi connectivity index (χ2v) is 4.76. The van der Waals surface area contributed by atoms with Crippen LogP contribution in [0.5, 0.6) is 0 Å². The van der Waals surface area contributed by atoms with Crippen LogP contribution in [0.1, 0.15) is 18.3 Å². The number of hydrogen-bond donors (Lipinski definition) is 2. The van der Waals surface area contributed by atoms with Gasteiger partial charge in [0.25, 0.3) is 0 Å². The molecule has 106 valence electrons. The summed E-state index contributed by atoms with van der Waals surface area (Å²) in [7, 11) is 3.29. The molecule has 0 spiro atoms. The predicted molar refractivity (Wildman–Crippen MR) is 72.4 cm³/mol. The molecule has 0 aliphatic heterocycles. The number of nitrogens with zero attached hydrogens (tertiary/aromatic N) is 3. The highest BCUT2D eigenvalue weighted by atomic mass is 16.2. The number of rotatable bonds is 4. The van der Waals surface area contributed by atoms with Crippen LogP contribution in [-0.2, 0) is 16.1 Å². The number of carbonyl (C=O) groups excluding carboxylic acids is 2. The predicted octanol–water partition coefficient (Wildman–Crippen LogP) is -0.325. The molecule has 0 fully saturated rings. The Morgan fingerprint density at radius 1 is 1.42 bits per heavy atom. The molecular weight excluding hydrogens is 246 g/mol. The minimum Gasteiger partial charge on any atom is -0.396 e. The van der Waals surface area contributed by atoms with E-state index in [1.807, 2.05) is 0 Å². The monoisotopic (exact) mass is 267 g/mol. The lowest BCUT2D eigenvalue weighted by Crippen LogP contribution is -2.45. The molecule has 2 amide bonds. The van der Waals surface area contributed by atoms with Crippen molar-refractivity contribution in [2.24, 2.45) is 0 Å². The Labute approximate surface area is 112 Å². The number of hydrogen-bond acceptors (Lipinski definition) is 4. The van der Waals surface area contributed by atoms with E-state index in [1.54, 1.807) is 34.9 Å². The van der Waals surface area contributed by atoms with Gasteiger partial charge in [0.05, 0.1) is 17.1 Å². The van der Waals surface area contributed by atoms with E-state index in [9.17, 15) is 9.59 Å². The van der Waals surface area contributed by atoms with E-state index in [1.165, 1.54) is 9.58 Å². The average molecular weight is 267 g/mol. The number of amides is 2. The van der Waals surface area contributed by atoms with Crippen LogP contribution in [-0.4, -0.2) is 46.6 Å². The number of nitrogens with two attached hydrogens (primary N) is 1. The third kappa shape index (κ3) is 3.46. The van der Waals surface area contributed by atoms with Crippen LogP contribution < -0.4 is 11.1 Å². The molecule has 0 aliphatic rings. The summed E-state index contributed by atoms with van der Waals surface area (Å²) < 4.78 is 1.53. The standard InChI is InChI=1S/C12H21N5O2/c1-7-11(13)9(3)17(15-7)6-10(18)14-8(2)12(19)16(4)5/h8H,6,13H2,1-5H3,(H,14,18). The molecule has 0 aliphatic carbocycles. The molecule has 1 heterocycles. The van der Waals surface area contributed by atoms with E-state index in [4.69, 9.17) is 5.73 Å². The van der Waals surface area contributed by atoms with E-state index in [-0.39, 0.29) is 18.4 Å². The molecular formula is C12H21N5O2. The number of carbonyl (C=O) groups is 2. The van der Waals surface area contributed by atoms with Gasteiger partial charge in [-0.25, -0.2) is 0 Å². The second-order valence-electron chi connectivity index (χ2n) is 4.76. The first-order chi connectivity index (χ1) is 8.73. The lowest BCUT2D eigenvalue weighted by Gasteiger charge is -2.18. The first-order valence-corrected chi connectivity index (χ1v) is 6.04. The molecule has 0 bridgehead atoms. The van der Waals surface area contributed by atoms with Crippen molar-refractivity contribution in [3.63, 3.8) is 0 Å². The van der Waals surface area contributed by atoms with Gasteiger partial charge in [-0.15, -0.1) is 0 Å². The summed E-state index contributed by atoms with van der Waals surface area (Å²) in [5, 5.41) is 6.81. The third-order valence-electron chi connectivity index (χ3n) is 2.92. The first-order valence-electron chi connectivity index (χ1n) is 6.04. The molecule has 7 heteroatoms. The molecule has 0 saturated heterocycles. The highest BCUT2D eigenvalue weighted by Gasteiger charge is 2.18. The third-order valence-corrected chi connectivity index (χ3v) is 2.92. The van der Waals surface area contributed by atoms with Crippen molar-refractivity contribution in [2.75, 3.05) is 19.8 Å². The van der Waals surface area contributed by atoms with Crippen LogP contribution in [0.3, 0.4) is 0 Å². The number of aryl methyl sites for hydroxylation is 1. The second kappa shape index (κ2) is 5.73. The Hall–Kier alpha value is -2.05. The van der Waals surface area contributed by atoms with Crippen molar-refractivity contribution < 1.29 is 9.59 Å². The summed E-state index contributed by atoms with van der Waals surface area (Å²) in [6.45, 7) is 5.29. The van der Waals surface area contributed by atoms with Crippen molar-refractivity contribution in [1.29, 1.82) is 0 Å². The Kier molecular flexibility index (Phi) is 4.52. The number of nitrogens with one attached hydrogen (secondary N) is 1. The van der Waals surface area contributed by atoms with Crippen LogP contribution in [0.25, 0.3) is 0 Å². The van der Waals surface area contributed by atoms with Crippen molar-refractivity contribution >= 4 is 17.5 Å². The van der Waals surface area contributed by atoms with Gasteiger partial charge in [-0.2, -0.15) is 5.10 Å². The SMILES string of the molecule is Cc1nn(CC(=O)NC(C)C(=O)N(C)C)c(C)c1N. The van der Waals surface area contributed by atoms with Crippen LogP contribution in [0.4, 0.5) is 5.69 Å². The smallest absolute Gasteiger partial charge is 0.244 e. The van der Waals surface area contributed by atoms with Gasteiger partial charge < -0.3 is 16.0 Å². The number of aromatic nitrogens is 2. The maximum atomic E-state index is 11.8. The van der Waals surface area contributed by atoms with E-state index in [2.05, 4.69) is 10.4 Å². The summed E-state index contributed by atoms with van der Waals surface area (Å²) in [6.07, 6.45) is 0. The van der Waals surface area contributed by atoms with Gasteiger partial charge in [-0.1, -0.05) is 0 Å². The highest BCUT2D eigenvalue weighted by Crippen LogP contribution is 2.14. The zero-order chi connectivity index (χ0) is 14.7. The van der Waals surface area contributed by atoms with E-state index >= 15 is 0 Å². The topological polar surface area (TPSA) is 93.2 Å². The van der Waals surface area contributed by atoms with Gasteiger partial charge in [-0.05, 0) is 20.8 Å². The highest BCUT2D eigenvalue weighted by molar-refractivity contribution is 5.86. The molecule has 1 atom stereocenters. The van der Waals surface area contributed by atoms with E-state index in [0.717, 1.165) is 5.69 Å². The van der Waals surface area contributed by atoms with Crippen LogP contribution in [0.2, 0.25) is 0 Å². The largest absolute Gasteiger partial charge is 0.396 e. The minimum absolute atomic E-state index is 0.0505. The summed E-state index contributed by atoms with van der Waals surface area (Å²) in [5.74, 6) is -0.422. The normalized spacial score (nSPS) is 12.1. The van der Waals surface area contributed by atoms with E-state index < -0.39 is 6.04 Å². The van der Waals surface area contributed by atoms with Gasteiger partial charge in [0, 0.05) is 14.1 Å². The summed E-state index contributed by atoms with van der Waals surface area (Å²) in [4.78, 5) is 24.9. The van der Waals surface area contributed by atoms with Crippen LogP contribution in [0.15, 0.2) is 0 Å². The molecule has 1 aromatic heterocycles. The van der Waals surface area contributed by atoms with Crippen molar-refractivity contribution in [1.82, 2.24) is 20.0 Å². The Morgan fingerprint density at radius 3 is 2.42 bits per heavy atom. The Balaban J connectivity index is 2.66. The quantitative estimate of drug-likeness (QED) is 0.781. The Morgan fingerprint density at radius 2 is 2.00 bits per heavy atom. The molecule has 1 rings (SSSR count). The van der Waals surface area contributed by atoms with Gasteiger partial charge >= 0.3 is 0 Å².